The number of imidazole rings is 1. The first-order valence-corrected chi connectivity index (χ1v) is 9.41. The molecule has 0 saturated heterocycles. The molecule has 1 aromatic heterocycles. The summed E-state index contributed by atoms with van der Waals surface area (Å²) >= 11 is 0. The molecule has 0 aliphatic carbocycles. The predicted octanol–water partition coefficient (Wildman–Crippen LogP) is 5.04. The zero-order valence-corrected chi connectivity index (χ0v) is 15.8. The summed E-state index contributed by atoms with van der Waals surface area (Å²) < 4.78 is 0. The van der Waals surface area contributed by atoms with Gasteiger partial charge in [-0.05, 0) is 42.8 Å². The molecule has 1 amide bonds. The van der Waals surface area contributed by atoms with Crippen LogP contribution in [-0.4, -0.2) is 21.7 Å². The van der Waals surface area contributed by atoms with E-state index in [9.17, 15) is 4.79 Å². The number of benzene rings is 3. The van der Waals surface area contributed by atoms with E-state index in [2.05, 4.69) is 9.98 Å². The van der Waals surface area contributed by atoms with Gasteiger partial charge in [-0.15, -0.1) is 0 Å². The maximum absolute atomic E-state index is 13.2. The molecule has 0 atom stereocenters. The molecule has 0 fully saturated rings. The molecule has 2 heterocycles. The number of H-pyrrole nitrogens is 1. The molecule has 5 nitrogen and oxygen atoms in total. The zero-order chi connectivity index (χ0) is 19.8. The van der Waals surface area contributed by atoms with Crippen LogP contribution in [0.5, 0.6) is 0 Å². The molecule has 1 aliphatic heterocycles. The van der Waals surface area contributed by atoms with Crippen molar-refractivity contribution >= 4 is 34.5 Å². The molecule has 0 spiro atoms. The number of aromatic amines is 1. The molecular formula is C24H18N4O. The lowest BCUT2D eigenvalue weighted by molar-refractivity contribution is -0.113. The van der Waals surface area contributed by atoms with E-state index >= 15 is 0 Å². The highest BCUT2D eigenvalue weighted by Crippen LogP contribution is 2.34. The number of hydrogen-bond donors (Lipinski definition) is 1. The van der Waals surface area contributed by atoms with Crippen molar-refractivity contribution in [3.8, 4) is 11.4 Å². The van der Waals surface area contributed by atoms with Crippen LogP contribution in [0.1, 0.15) is 12.5 Å². The highest BCUT2D eigenvalue weighted by Gasteiger charge is 2.31. The van der Waals surface area contributed by atoms with Crippen molar-refractivity contribution < 1.29 is 4.79 Å². The molecule has 5 heteroatoms. The van der Waals surface area contributed by atoms with Crippen molar-refractivity contribution in [2.75, 3.05) is 4.90 Å². The first-order chi connectivity index (χ1) is 14.2. The number of aromatic nitrogens is 2. The van der Waals surface area contributed by atoms with E-state index in [0.29, 0.717) is 11.5 Å². The molecule has 3 aromatic carbocycles. The average molecular weight is 378 g/mol. The summed E-state index contributed by atoms with van der Waals surface area (Å²) in [7, 11) is 0. The first-order valence-electron chi connectivity index (χ1n) is 9.41. The summed E-state index contributed by atoms with van der Waals surface area (Å²) in [5.41, 5.74) is 4.83. The lowest BCUT2D eigenvalue weighted by Crippen LogP contribution is -2.30. The third-order valence-corrected chi connectivity index (χ3v) is 4.92. The number of fused-ring (bicyclic) bond motifs is 1. The minimum absolute atomic E-state index is 0.144. The van der Waals surface area contributed by atoms with Crippen LogP contribution >= 0.6 is 0 Å². The summed E-state index contributed by atoms with van der Waals surface area (Å²) in [5, 5.41) is 0. The van der Waals surface area contributed by atoms with E-state index in [1.807, 2.05) is 91.9 Å². The predicted molar refractivity (Wildman–Crippen MR) is 117 cm³/mol. The third-order valence-electron chi connectivity index (χ3n) is 4.92. The van der Waals surface area contributed by atoms with E-state index in [-0.39, 0.29) is 5.91 Å². The Labute approximate surface area is 168 Å². The molecule has 29 heavy (non-hydrogen) atoms. The fourth-order valence-corrected chi connectivity index (χ4v) is 3.57. The van der Waals surface area contributed by atoms with Crippen molar-refractivity contribution in [3.05, 3.63) is 90.1 Å². The lowest BCUT2D eigenvalue weighted by Gasteiger charge is -2.19. The van der Waals surface area contributed by atoms with Gasteiger partial charge in [0.1, 0.15) is 17.4 Å². The Morgan fingerprint density at radius 3 is 2.45 bits per heavy atom. The van der Waals surface area contributed by atoms with Crippen LogP contribution in [0.2, 0.25) is 0 Å². The average Bonchev–Trinajstić information content (AvgIpc) is 3.29. The fraction of sp³-hybridized carbons (Fsp3) is 0.0417. The second kappa shape index (κ2) is 6.87. The van der Waals surface area contributed by atoms with Gasteiger partial charge in [-0.25, -0.2) is 9.98 Å². The van der Waals surface area contributed by atoms with Gasteiger partial charge in [-0.2, -0.15) is 0 Å². The Morgan fingerprint density at radius 2 is 1.62 bits per heavy atom. The second-order valence-electron chi connectivity index (χ2n) is 6.86. The lowest BCUT2D eigenvalue weighted by atomic mass is 10.1. The van der Waals surface area contributed by atoms with Gasteiger partial charge in [0.25, 0.3) is 5.91 Å². The number of anilines is 1. The van der Waals surface area contributed by atoms with Crippen LogP contribution in [0.25, 0.3) is 28.5 Å². The van der Waals surface area contributed by atoms with Crippen LogP contribution in [0.3, 0.4) is 0 Å². The minimum atomic E-state index is -0.144. The molecule has 4 aromatic rings. The molecule has 0 bridgehead atoms. The van der Waals surface area contributed by atoms with Gasteiger partial charge < -0.3 is 4.98 Å². The number of nitrogens with one attached hydrogen (secondary N) is 1. The summed E-state index contributed by atoms with van der Waals surface area (Å²) in [5.74, 6) is 1.22. The Balaban J connectivity index is 1.58. The number of carbonyl (C=O) groups excluding carboxylic acids is 1. The van der Waals surface area contributed by atoms with Gasteiger partial charge in [-0.3, -0.25) is 9.69 Å². The zero-order valence-electron chi connectivity index (χ0n) is 15.8. The molecular weight excluding hydrogens is 360 g/mol. The third kappa shape index (κ3) is 3.02. The van der Waals surface area contributed by atoms with Crippen molar-refractivity contribution in [1.29, 1.82) is 0 Å². The summed E-state index contributed by atoms with van der Waals surface area (Å²) in [6.07, 6.45) is 1.82. The summed E-state index contributed by atoms with van der Waals surface area (Å²) in [6.45, 7) is 1.85. The van der Waals surface area contributed by atoms with Gasteiger partial charge in [0.2, 0.25) is 0 Å². The largest absolute Gasteiger partial charge is 0.338 e. The van der Waals surface area contributed by atoms with E-state index in [1.54, 1.807) is 4.90 Å². The van der Waals surface area contributed by atoms with Crippen molar-refractivity contribution in [1.82, 2.24) is 9.97 Å². The van der Waals surface area contributed by atoms with Gasteiger partial charge in [-0.1, -0.05) is 54.6 Å². The maximum atomic E-state index is 13.2. The van der Waals surface area contributed by atoms with E-state index in [4.69, 9.17) is 4.98 Å². The summed E-state index contributed by atoms with van der Waals surface area (Å²) in [6, 6.07) is 25.4. The van der Waals surface area contributed by atoms with Gasteiger partial charge >= 0.3 is 0 Å². The van der Waals surface area contributed by atoms with Crippen LogP contribution in [0, 0.1) is 0 Å². The van der Waals surface area contributed by atoms with E-state index in [1.165, 1.54) is 0 Å². The van der Waals surface area contributed by atoms with Gasteiger partial charge in [0.15, 0.2) is 0 Å². The highest BCUT2D eigenvalue weighted by molar-refractivity contribution is 6.29. The molecule has 0 saturated carbocycles. The number of amides is 1. The number of nitrogens with zero attached hydrogens (tertiary/aromatic N) is 3. The van der Waals surface area contributed by atoms with Crippen LogP contribution in [0.15, 0.2) is 89.6 Å². The number of amidine groups is 1. The van der Waals surface area contributed by atoms with E-state index in [0.717, 1.165) is 33.7 Å². The van der Waals surface area contributed by atoms with Crippen LogP contribution in [-0.2, 0) is 4.79 Å². The molecule has 0 radical (unpaired) electrons. The Morgan fingerprint density at radius 1 is 0.897 bits per heavy atom. The molecule has 1 aliphatic rings. The van der Waals surface area contributed by atoms with Crippen LogP contribution < -0.4 is 4.90 Å². The Bertz CT molecular complexity index is 1250. The number of carbonyl (C=O) groups is 1. The number of rotatable bonds is 3. The number of para-hydroxylation sites is 3. The Hall–Kier alpha value is -3.99. The first kappa shape index (κ1) is 17.1. The maximum Gasteiger partial charge on any atom is 0.282 e. The van der Waals surface area contributed by atoms with Crippen LogP contribution in [0.4, 0.5) is 5.69 Å². The van der Waals surface area contributed by atoms with Gasteiger partial charge in [0.05, 0.1) is 16.7 Å². The summed E-state index contributed by atoms with van der Waals surface area (Å²) in [4.78, 5) is 27.4. The second-order valence-corrected chi connectivity index (χ2v) is 6.86. The smallest absolute Gasteiger partial charge is 0.282 e. The standard InChI is InChI=1S/C24H18N4O/c1-16-25-21(15-17-9-3-2-4-10-17)24(29)28(16)22-14-8-5-11-18(22)23-26-19-12-6-7-13-20(19)27-23/h2-15H,1H3,(H,26,27)/b21-15-. The minimum Gasteiger partial charge on any atom is -0.338 e. The quantitative estimate of drug-likeness (QED) is 0.508. The van der Waals surface area contributed by atoms with Gasteiger partial charge in [0, 0.05) is 5.56 Å². The number of hydrogen-bond acceptors (Lipinski definition) is 3. The fourth-order valence-electron chi connectivity index (χ4n) is 3.57. The van der Waals surface area contributed by atoms with Crippen molar-refractivity contribution in [2.24, 2.45) is 4.99 Å². The topological polar surface area (TPSA) is 61.4 Å². The molecule has 140 valence electrons. The Kier molecular flexibility index (Phi) is 4.06. The van der Waals surface area contributed by atoms with E-state index < -0.39 is 0 Å². The molecule has 5 rings (SSSR count). The normalized spacial score (nSPS) is 15.3. The SMILES string of the molecule is CC1=N/C(=C\c2ccccc2)C(=O)N1c1ccccc1-c1nc2ccccc2[nH]1. The monoisotopic (exact) mass is 378 g/mol. The van der Waals surface area contributed by atoms with Crippen molar-refractivity contribution in [3.63, 3.8) is 0 Å². The molecule has 0 unspecified atom stereocenters. The highest BCUT2D eigenvalue weighted by atomic mass is 16.2. The van der Waals surface area contributed by atoms with Crippen molar-refractivity contribution in [2.45, 2.75) is 6.92 Å². The molecule has 1 N–H and O–H groups in total. The number of aliphatic imine (C=N–C) groups is 1.